The maximum Gasteiger partial charge on any atom is 0.0713 e. The van der Waals surface area contributed by atoms with Gasteiger partial charge in [0.2, 0.25) is 0 Å². The van der Waals surface area contributed by atoms with Gasteiger partial charge in [0.25, 0.3) is 0 Å². The molecular weight excluding hydrogens is 1330 g/mol. The topological polar surface area (TPSA) is 9.86 Å². The van der Waals surface area contributed by atoms with Crippen molar-refractivity contribution in [1.82, 2.24) is 9.13 Å². The molecule has 0 N–H and O–H groups in total. The van der Waals surface area contributed by atoms with Crippen molar-refractivity contribution in [2.45, 2.75) is 49.4 Å². The second-order valence-electron chi connectivity index (χ2n) is 31.8. The summed E-state index contributed by atoms with van der Waals surface area (Å²) in [6.45, 7) is 9.47. The van der Waals surface area contributed by atoms with Gasteiger partial charge in [-0.1, -0.05) is 331 Å². The third kappa shape index (κ3) is 9.17. The molecule has 4 aliphatic rings. The van der Waals surface area contributed by atoms with E-state index in [0.29, 0.717) is 0 Å². The molecule has 4 aliphatic carbocycles. The number of fused-ring (bicyclic) bond motifs is 18. The van der Waals surface area contributed by atoms with E-state index in [9.17, 15) is 0 Å². The third-order valence-corrected chi connectivity index (χ3v) is 25.5. The first-order valence-corrected chi connectivity index (χ1v) is 38.8. The molecule has 16 aromatic carbocycles. The Labute approximate surface area is 642 Å². The maximum absolute atomic E-state index is 2.53. The second-order valence-corrected chi connectivity index (χ2v) is 31.8. The average Bonchev–Trinajstić information content (AvgIpc) is 1.53. The molecule has 0 radical (unpaired) electrons. The van der Waals surface area contributed by atoms with E-state index >= 15 is 0 Å². The fourth-order valence-corrected chi connectivity index (χ4v) is 20.4. The van der Waals surface area contributed by atoms with Crippen molar-refractivity contribution in [1.29, 1.82) is 0 Å². The van der Waals surface area contributed by atoms with Crippen molar-refractivity contribution < 1.29 is 0 Å². The van der Waals surface area contributed by atoms with E-state index in [4.69, 9.17) is 0 Å². The third-order valence-electron chi connectivity index (χ3n) is 25.5. The molecule has 0 unspecified atom stereocenters. The highest BCUT2D eigenvalue weighted by Crippen LogP contribution is 2.61. The Bertz CT molecular complexity index is 6440. The molecule has 0 bridgehead atoms. The minimum absolute atomic E-state index is 0.0991. The van der Waals surface area contributed by atoms with Crippen LogP contribution in [0.5, 0.6) is 0 Å². The minimum Gasteiger partial charge on any atom is -0.309 e. The van der Waals surface area contributed by atoms with Crippen LogP contribution < -0.4 is 0 Å². The molecule has 0 fully saturated rings. The van der Waals surface area contributed by atoms with E-state index in [1.165, 1.54) is 177 Å². The van der Waals surface area contributed by atoms with Gasteiger partial charge >= 0.3 is 0 Å². The molecular formula is C108H76N2. The Balaban J connectivity index is 0.632. The van der Waals surface area contributed by atoms with Crippen LogP contribution in [-0.2, 0) is 21.7 Å². The normalized spacial score (nSPS) is 14.8. The van der Waals surface area contributed by atoms with Gasteiger partial charge in [-0.2, -0.15) is 0 Å². The van der Waals surface area contributed by atoms with Crippen molar-refractivity contribution in [3.8, 4) is 67.0 Å². The summed E-state index contributed by atoms with van der Waals surface area (Å²) in [5.74, 6) is 0. The summed E-state index contributed by atoms with van der Waals surface area (Å²) >= 11 is 0. The summed E-state index contributed by atoms with van der Waals surface area (Å²) in [5, 5.41) is 4.97. The molecule has 0 atom stereocenters. The summed E-state index contributed by atoms with van der Waals surface area (Å²) in [5.41, 5.74) is 38.6. The molecule has 2 heteroatoms. The van der Waals surface area contributed by atoms with Gasteiger partial charge in [0.1, 0.15) is 0 Å². The molecule has 2 heterocycles. The first-order chi connectivity index (χ1) is 54.0. The van der Waals surface area contributed by atoms with E-state index in [0.717, 1.165) is 22.3 Å². The number of hydrogen-bond donors (Lipinski definition) is 0. The predicted octanol–water partition coefficient (Wildman–Crippen LogP) is 27.2. The van der Waals surface area contributed by atoms with Crippen molar-refractivity contribution >= 4 is 67.9 Å². The lowest BCUT2D eigenvalue weighted by molar-refractivity contribution is 0.660. The maximum atomic E-state index is 2.53. The van der Waals surface area contributed by atoms with Crippen LogP contribution in [0.25, 0.3) is 135 Å². The van der Waals surface area contributed by atoms with Crippen LogP contribution in [0.15, 0.2) is 364 Å². The summed E-state index contributed by atoms with van der Waals surface area (Å²) in [6.07, 6.45) is 9.25. The average molecular weight is 1400 g/mol. The molecule has 518 valence electrons. The van der Waals surface area contributed by atoms with Crippen LogP contribution in [0.2, 0.25) is 0 Å². The zero-order chi connectivity index (χ0) is 73.2. The number of hydrogen-bond acceptors (Lipinski definition) is 0. The van der Waals surface area contributed by atoms with E-state index in [1.807, 2.05) is 0 Å². The second kappa shape index (κ2) is 24.1. The van der Waals surface area contributed by atoms with Gasteiger partial charge in [0.05, 0.1) is 32.9 Å². The zero-order valence-electron chi connectivity index (χ0n) is 61.8. The highest BCUT2D eigenvalue weighted by Gasteiger charge is 2.49. The molecule has 110 heavy (non-hydrogen) atoms. The SMILES string of the molecule is CC1(C)c2ccccc2-c2ccc(-n3c4ccccc4c4cc(C=Cc5ccc6c(c5)C(c5ccccc5)(c5ccccc5)c5cc(-c7ccc8c(c7)C(c7ccccc7)(c7ccccc7)c7cc(C=Cc9ccc%10c(c9)c9ccccc9n%10-c9ccc%10c(c9)C(C)(C)c9ccccc9-%10)ccc7-8)ccc5-6)ccc43)cc21. The highest BCUT2D eigenvalue weighted by molar-refractivity contribution is 6.12. The van der Waals surface area contributed by atoms with Crippen molar-refractivity contribution in [2.24, 2.45) is 0 Å². The Morgan fingerprint density at radius 2 is 0.482 bits per heavy atom. The monoisotopic (exact) mass is 1400 g/mol. The molecule has 0 amide bonds. The van der Waals surface area contributed by atoms with Gasteiger partial charge in [-0.05, 0) is 230 Å². The molecule has 0 spiro atoms. The van der Waals surface area contributed by atoms with Gasteiger partial charge in [-0.15, -0.1) is 0 Å². The Hall–Kier alpha value is -13.4. The fourth-order valence-electron chi connectivity index (χ4n) is 20.4. The van der Waals surface area contributed by atoms with Crippen molar-refractivity contribution in [2.75, 3.05) is 0 Å². The van der Waals surface area contributed by atoms with Gasteiger partial charge in [0, 0.05) is 43.7 Å². The fraction of sp³-hybridized carbons (Fsp3) is 0.0741. The van der Waals surface area contributed by atoms with E-state index in [1.54, 1.807) is 0 Å². The number of para-hydroxylation sites is 2. The van der Waals surface area contributed by atoms with Crippen LogP contribution in [-0.4, -0.2) is 9.13 Å². The smallest absolute Gasteiger partial charge is 0.0713 e. The summed E-state index contributed by atoms with van der Waals surface area (Å²) < 4.78 is 4.93. The van der Waals surface area contributed by atoms with Crippen LogP contribution in [0.3, 0.4) is 0 Å². The first kappa shape index (κ1) is 63.8. The molecule has 22 rings (SSSR count). The van der Waals surface area contributed by atoms with E-state index in [2.05, 4.69) is 425 Å². The van der Waals surface area contributed by atoms with Crippen LogP contribution in [0, 0.1) is 0 Å². The Morgan fingerprint density at radius 3 is 0.873 bits per heavy atom. The van der Waals surface area contributed by atoms with E-state index < -0.39 is 10.8 Å². The highest BCUT2D eigenvalue weighted by atomic mass is 15.0. The first-order valence-electron chi connectivity index (χ1n) is 38.8. The van der Waals surface area contributed by atoms with Gasteiger partial charge in [0.15, 0.2) is 0 Å². The molecule has 18 aromatic rings. The number of rotatable bonds is 11. The van der Waals surface area contributed by atoms with Gasteiger partial charge < -0.3 is 9.13 Å². The molecule has 2 nitrogen and oxygen atoms in total. The molecule has 0 saturated carbocycles. The van der Waals surface area contributed by atoms with Crippen molar-refractivity contribution in [3.05, 3.63) is 453 Å². The quantitative estimate of drug-likeness (QED) is 0.114. The molecule has 2 aromatic heterocycles. The van der Waals surface area contributed by atoms with Crippen molar-refractivity contribution in [3.63, 3.8) is 0 Å². The van der Waals surface area contributed by atoms with Crippen LogP contribution in [0.4, 0.5) is 0 Å². The summed E-state index contributed by atoms with van der Waals surface area (Å²) in [4.78, 5) is 0. The standard InChI is InChI=1S/C108H76N2/c1-105(2)93-37-21-17-33-81(93)83-57-51-79(67-95(83)105)109-101-39-23-19-35-89(101)91-61-69(47-59-103(91)109)41-43-71-45-53-85-87-55-49-73(65-99(87)107(97(85)63-71,75-25-9-5-10-26-75)76-27-11-6-12-28-76)74-50-56-88-86-54-46-72(64-98(86)108(100(88)66-74,77-29-13-7-14-30-77)78-31-15-8-16-32-78)44-42-70-48-60-104-92(62-70)90-36-20-24-40-102(90)110(104)80-52-58-84-82-34-18-22-38-94(82)106(3,4)96(84)68-80/h5-68H,1-4H3. The lowest BCUT2D eigenvalue weighted by atomic mass is 9.66. The van der Waals surface area contributed by atoms with Gasteiger partial charge in [-0.25, -0.2) is 0 Å². The van der Waals surface area contributed by atoms with Crippen LogP contribution >= 0.6 is 0 Å². The lowest BCUT2D eigenvalue weighted by Gasteiger charge is -2.35. The Kier molecular flexibility index (Phi) is 14.0. The number of benzene rings is 16. The van der Waals surface area contributed by atoms with Gasteiger partial charge in [-0.3, -0.25) is 0 Å². The Morgan fingerprint density at radius 1 is 0.200 bits per heavy atom. The molecule has 0 saturated heterocycles. The number of aromatic nitrogens is 2. The number of nitrogens with zero attached hydrogens (tertiary/aromatic N) is 2. The summed E-state index contributed by atoms with van der Waals surface area (Å²) in [6, 6.07) is 138. The zero-order valence-corrected chi connectivity index (χ0v) is 61.8. The minimum atomic E-state index is -0.642. The lowest BCUT2D eigenvalue weighted by Crippen LogP contribution is -2.29. The van der Waals surface area contributed by atoms with Crippen LogP contribution in [0.1, 0.15) is 117 Å². The summed E-state index contributed by atoms with van der Waals surface area (Å²) in [7, 11) is 0. The molecule has 0 aliphatic heterocycles. The predicted molar refractivity (Wildman–Crippen MR) is 461 cm³/mol. The largest absolute Gasteiger partial charge is 0.309 e. The van der Waals surface area contributed by atoms with E-state index in [-0.39, 0.29) is 10.8 Å².